The van der Waals surface area contributed by atoms with Crippen molar-refractivity contribution in [3.05, 3.63) is 64.4 Å². The van der Waals surface area contributed by atoms with E-state index in [1.54, 1.807) is 0 Å². The molecule has 0 saturated carbocycles. The van der Waals surface area contributed by atoms with Crippen LogP contribution < -0.4 is 5.43 Å². The van der Waals surface area contributed by atoms with E-state index in [0.717, 1.165) is 35.0 Å². The molecule has 2 N–H and O–H groups in total. The van der Waals surface area contributed by atoms with E-state index in [2.05, 4.69) is 0 Å². The maximum atomic E-state index is 13.9. The maximum absolute atomic E-state index is 13.9. The number of nitrogens with zero attached hydrogens (tertiary/aromatic N) is 1. The smallest absolute Gasteiger partial charge is 0.418 e. The Hall–Kier alpha value is -2.81. The van der Waals surface area contributed by atoms with E-state index in [1.807, 2.05) is 0 Å². The monoisotopic (exact) mass is 413 g/mol. The van der Waals surface area contributed by atoms with Crippen molar-refractivity contribution in [1.29, 1.82) is 0 Å². The second kappa shape index (κ2) is 6.91. The zero-order valence-electron chi connectivity index (χ0n) is 15.6. The lowest BCUT2D eigenvalue weighted by Gasteiger charge is -2.38. The van der Waals surface area contributed by atoms with Crippen LogP contribution in [0.15, 0.2) is 52.0 Å². The predicted octanol–water partition coefficient (Wildman–Crippen LogP) is 4.10. The lowest BCUT2D eigenvalue weighted by molar-refractivity contribution is -0.271. The first kappa shape index (κ1) is 20.9. The van der Waals surface area contributed by atoms with E-state index in [1.165, 1.54) is 26.2 Å². The minimum atomic E-state index is -5.06. The third-order valence-electron chi connectivity index (χ3n) is 4.96. The summed E-state index contributed by atoms with van der Waals surface area (Å²) in [5.74, 6) is -1.10. The van der Waals surface area contributed by atoms with Crippen LogP contribution in [-0.4, -0.2) is 26.6 Å². The molecule has 5 nitrogen and oxygen atoms in total. The third-order valence-corrected chi connectivity index (χ3v) is 4.96. The van der Waals surface area contributed by atoms with Crippen molar-refractivity contribution in [3.63, 3.8) is 0 Å². The molecular formula is C20H19F4NO4. The number of phenols is 1. The minimum Gasteiger partial charge on any atom is -0.508 e. The van der Waals surface area contributed by atoms with E-state index < -0.39 is 41.4 Å². The quantitative estimate of drug-likeness (QED) is 0.618. The van der Waals surface area contributed by atoms with Crippen LogP contribution in [0, 0.1) is 5.82 Å². The number of halogens is 4. The number of alkyl halides is 3. The maximum Gasteiger partial charge on any atom is 0.418 e. The number of aromatic nitrogens is 1. The Morgan fingerprint density at radius 3 is 2.48 bits per heavy atom. The molecule has 2 heterocycles. The summed E-state index contributed by atoms with van der Waals surface area (Å²) in [6.07, 6.45) is -3.66. The number of hydrogen-bond acceptors (Lipinski definition) is 4. The van der Waals surface area contributed by atoms with Crippen LogP contribution in [0.5, 0.6) is 5.75 Å². The highest BCUT2D eigenvalue weighted by atomic mass is 19.4. The highest BCUT2D eigenvalue weighted by molar-refractivity contribution is 5.73. The van der Waals surface area contributed by atoms with Crippen LogP contribution >= 0.6 is 0 Å². The Kier molecular flexibility index (Phi) is 4.98. The summed E-state index contributed by atoms with van der Waals surface area (Å²) in [5.41, 5.74) is -5.30. The number of aliphatic hydroxyl groups is 1. The molecular weight excluding hydrogens is 394 g/mol. The first-order chi connectivity index (χ1) is 13.3. The van der Waals surface area contributed by atoms with Gasteiger partial charge in [-0.25, -0.2) is 4.39 Å². The van der Waals surface area contributed by atoms with Crippen molar-refractivity contribution in [2.45, 2.75) is 44.0 Å². The van der Waals surface area contributed by atoms with Crippen molar-refractivity contribution in [2.75, 3.05) is 0 Å². The van der Waals surface area contributed by atoms with Gasteiger partial charge in [-0.15, -0.1) is 0 Å². The van der Waals surface area contributed by atoms with E-state index >= 15 is 0 Å². The van der Waals surface area contributed by atoms with E-state index in [9.17, 15) is 32.6 Å². The Balaban J connectivity index is 2.05. The summed E-state index contributed by atoms with van der Waals surface area (Å²) in [5, 5.41) is 20.8. The lowest BCUT2D eigenvalue weighted by Crippen LogP contribution is -2.52. The summed E-state index contributed by atoms with van der Waals surface area (Å²) in [6, 6.07) is 5.38. The Bertz CT molecular complexity index is 1100. The van der Waals surface area contributed by atoms with Gasteiger partial charge in [0.1, 0.15) is 11.6 Å². The van der Waals surface area contributed by atoms with Crippen molar-refractivity contribution in [1.82, 2.24) is 4.57 Å². The molecule has 2 aromatic heterocycles. The normalized spacial score (nSPS) is 14.9. The van der Waals surface area contributed by atoms with Gasteiger partial charge in [0.2, 0.25) is 5.71 Å². The second-order valence-corrected chi connectivity index (χ2v) is 7.70. The zero-order valence-corrected chi connectivity index (χ0v) is 15.6. The van der Waals surface area contributed by atoms with Crippen molar-refractivity contribution >= 4 is 11.1 Å². The lowest BCUT2D eigenvalue weighted by atomic mass is 9.74. The van der Waals surface area contributed by atoms with Gasteiger partial charge in [0.05, 0.1) is 18.2 Å². The first-order valence-electron chi connectivity index (χ1n) is 8.69. The third kappa shape index (κ3) is 3.87. The Morgan fingerprint density at radius 2 is 1.83 bits per heavy atom. The molecule has 0 aliphatic heterocycles. The molecule has 0 bridgehead atoms. The molecule has 0 spiro atoms. The standard InChI is InChI=1S/C20H19F4NO4/c1-18(2,14-9-12(21)3-4-16(14)27)10-19(28,20(22,23)24)11-25-7-5-15(26)13-6-8-29-17(13)25/h3-9,27-28H,10-11H2,1-2H3. The topological polar surface area (TPSA) is 75.6 Å². The number of pyridine rings is 1. The van der Waals surface area contributed by atoms with Crippen LogP contribution in [0.2, 0.25) is 0 Å². The number of aromatic hydroxyl groups is 1. The molecule has 3 rings (SSSR count). The molecule has 0 aliphatic carbocycles. The van der Waals surface area contributed by atoms with E-state index in [0.29, 0.717) is 0 Å². The van der Waals surface area contributed by atoms with Gasteiger partial charge in [-0.2, -0.15) is 13.2 Å². The number of fused-ring (bicyclic) bond motifs is 1. The van der Waals surface area contributed by atoms with Gasteiger partial charge in [0.15, 0.2) is 11.0 Å². The summed E-state index contributed by atoms with van der Waals surface area (Å²) in [4.78, 5) is 11.8. The zero-order chi connectivity index (χ0) is 21.6. The van der Waals surface area contributed by atoms with Crippen molar-refractivity contribution in [3.8, 4) is 5.75 Å². The molecule has 0 aliphatic rings. The number of phenolic OH excluding ortho intramolecular Hbond substituents is 1. The number of rotatable bonds is 5. The average Bonchev–Trinajstić information content (AvgIpc) is 3.09. The molecule has 3 aromatic rings. The highest BCUT2D eigenvalue weighted by Crippen LogP contribution is 2.44. The molecule has 29 heavy (non-hydrogen) atoms. The number of furan rings is 1. The van der Waals surface area contributed by atoms with Gasteiger partial charge < -0.3 is 19.2 Å². The van der Waals surface area contributed by atoms with Crippen LogP contribution in [0.1, 0.15) is 25.8 Å². The van der Waals surface area contributed by atoms with E-state index in [-0.39, 0.29) is 22.4 Å². The highest BCUT2D eigenvalue weighted by Gasteiger charge is 2.56. The largest absolute Gasteiger partial charge is 0.508 e. The molecule has 1 unspecified atom stereocenters. The molecule has 0 radical (unpaired) electrons. The fourth-order valence-corrected chi connectivity index (χ4v) is 3.56. The van der Waals surface area contributed by atoms with Crippen LogP contribution in [0.4, 0.5) is 17.6 Å². The summed E-state index contributed by atoms with van der Waals surface area (Å²) in [6.45, 7) is 1.78. The van der Waals surface area contributed by atoms with Crippen molar-refractivity contribution < 1.29 is 32.2 Å². The Morgan fingerprint density at radius 1 is 1.14 bits per heavy atom. The Labute approximate surface area is 162 Å². The first-order valence-corrected chi connectivity index (χ1v) is 8.69. The van der Waals surface area contributed by atoms with Gasteiger partial charge in [0, 0.05) is 17.8 Å². The fourth-order valence-electron chi connectivity index (χ4n) is 3.56. The molecule has 1 atom stereocenters. The molecule has 156 valence electrons. The van der Waals surface area contributed by atoms with Gasteiger partial charge >= 0.3 is 6.18 Å². The van der Waals surface area contributed by atoms with Crippen LogP contribution in [0.3, 0.4) is 0 Å². The minimum absolute atomic E-state index is 0.0665. The molecule has 0 fully saturated rings. The van der Waals surface area contributed by atoms with Crippen LogP contribution in [-0.2, 0) is 12.0 Å². The summed E-state index contributed by atoms with van der Waals surface area (Å²) in [7, 11) is 0. The summed E-state index contributed by atoms with van der Waals surface area (Å²) >= 11 is 0. The average molecular weight is 413 g/mol. The van der Waals surface area contributed by atoms with Gasteiger partial charge in [0.25, 0.3) is 0 Å². The number of benzene rings is 1. The van der Waals surface area contributed by atoms with Crippen LogP contribution in [0.25, 0.3) is 11.1 Å². The van der Waals surface area contributed by atoms with Gasteiger partial charge in [-0.1, -0.05) is 13.8 Å². The molecule has 9 heteroatoms. The fraction of sp³-hybridized carbons (Fsp3) is 0.350. The summed E-state index contributed by atoms with van der Waals surface area (Å²) < 4.78 is 61.6. The van der Waals surface area contributed by atoms with Gasteiger partial charge in [-0.05, 0) is 36.1 Å². The molecule has 1 aromatic carbocycles. The SMILES string of the molecule is CC(C)(CC(O)(Cn1ccc(=O)c2ccoc21)C(F)(F)F)c1cc(F)ccc1O. The van der Waals surface area contributed by atoms with E-state index in [4.69, 9.17) is 4.42 Å². The van der Waals surface area contributed by atoms with Gasteiger partial charge in [-0.3, -0.25) is 4.79 Å². The predicted molar refractivity (Wildman–Crippen MR) is 97.2 cm³/mol. The number of hydrogen-bond donors (Lipinski definition) is 2. The second-order valence-electron chi connectivity index (χ2n) is 7.70. The molecule has 0 amide bonds. The molecule has 0 saturated heterocycles. The van der Waals surface area contributed by atoms with Crippen molar-refractivity contribution in [2.24, 2.45) is 0 Å².